The summed E-state index contributed by atoms with van der Waals surface area (Å²) in [5.41, 5.74) is 4.83. The molecule has 3 aromatic rings. The Morgan fingerprint density at radius 3 is 1.73 bits per heavy atom. The van der Waals surface area contributed by atoms with Gasteiger partial charge in [-0.05, 0) is 64.7 Å². The van der Waals surface area contributed by atoms with Crippen molar-refractivity contribution in [2.24, 2.45) is 0 Å². The SMILES string of the molecule is CC(C)(C)[Si](C)(C)OCc1cccc(C(c2ccc(Cl)cc2)c2ccc(Cl)cc2)c1. The van der Waals surface area contributed by atoms with Crippen LogP contribution in [-0.4, -0.2) is 8.32 Å². The number of halogens is 2. The van der Waals surface area contributed by atoms with Crippen LogP contribution in [0.3, 0.4) is 0 Å². The van der Waals surface area contributed by atoms with Gasteiger partial charge in [0.25, 0.3) is 0 Å². The summed E-state index contributed by atoms with van der Waals surface area (Å²) >= 11 is 12.3. The molecule has 0 saturated carbocycles. The fourth-order valence-corrected chi connectivity index (χ4v) is 4.44. The lowest BCUT2D eigenvalue weighted by Crippen LogP contribution is -2.40. The smallest absolute Gasteiger partial charge is 0.192 e. The van der Waals surface area contributed by atoms with Crippen molar-refractivity contribution < 1.29 is 4.43 Å². The molecule has 0 spiro atoms. The first kappa shape index (κ1) is 23.1. The molecule has 0 fully saturated rings. The average Bonchev–Trinajstić information content (AvgIpc) is 2.69. The zero-order valence-corrected chi connectivity index (χ0v) is 20.9. The molecule has 0 aliphatic rings. The summed E-state index contributed by atoms with van der Waals surface area (Å²) in [4.78, 5) is 0. The normalized spacial score (nSPS) is 12.4. The first-order valence-electron chi connectivity index (χ1n) is 10.3. The zero-order chi connectivity index (χ0) is 21.9. The summed E-state index contributed by atoms with van der Waals surface area (Å²) in [6.07, 6.45) is 0. The van der Waals surface area contributed by atoms with Gasteiger partial charge in [0.15, 0.2) is 8.32 Å². The lowest BCUT2D eigenvalue weighted by atomic mass is 9.84. The lowest BCUT2D eigenvalue weighted by Gasteiger charge is -2.36. The molecule has 0 radical (unpaired) electrons. The predicted molar refractivity (Wildman–Crippen MR) is 132 cm³/mol. The summed E-state index contributed by atoms with van der Waals surface area (Å²) < 4.78 is 6.46. The highest BCUT2D eigenvalue weighted by Gasteiger charge is 2.37. The molecular formula is C26H30Cl2OSi. The quantitative estimate of drug-likeness (QED) is 0.266. The van der Waals surface area contributed by atoms with E-state index in [2.05, 4.69) is 82.4 Å². The van der Waals surface area contributed by atoms with Crippen LogP contribution in [0.5, 0.6) is 0 Å². The van der Waals surface area contributed by atoms with Crippen LogP contribution in [-0.2, 0) is 11.0 Å². The van der Waals surface area contributed by atoms with Gasteiger partial charge in [-0.1, -0.05) is 92.5 Å². The molecule has 0 aliphatic heterocycles. The Bertz CT molecular complexity index is 928. The Balaban J connectivity index is 1.95. The molecule has 158 valence electrons. The van der Waals surface area contributed by atoms with Gasteiger partial charge < -0.3 is 4.43 Å². The third-order valence-electron chi connectivity index (χ3n) is 6.10. The first-order chi connectivity index (χ1) is 14.1. The summed E-state index contributed by atoms with van der Waals surface area (Å²) in [6, 6.07) is 24.9. The maximum Gasteiger partial charge on any atom is 0.192 e. The van der Waals surface area contributed by atoms with Crippen LogP contribution in [0, 0.1) is 0 Å². The minimum absolute atomic E-state index is 0.104. The number of hydrogen-bond acceptors (Lipinski definition) is 1. The van der Waals surface area contributed by atoms with Gasteiger partial charge in [-0.15, -0.1) is 0 Å². The topological polar surface area (TPSA) is 9.23 Å². The van der Waals surface area contributed by atoms with Gasteiger partial charge in [0.1, 0.15) is 0 Å². The standard InChI is InChI=1S/C26H30Cl2OSi/c1-26(2,3)30(4,5)29-18-19-7-6-8-22(17-19)25(20-9-13-23(27)14-10-20)21-11-15-24(28)16-12-21/h6-17,25H,18H2,1-5H3. The van der Waals surface area contributed by atoms with Crippen molar-refractivity contribution in [3.05, 3.63) is 105 Å². The molecule has 0 bridgehead atoms. The van der Waals surface area contributed by atoms with Crippen molar-refractivity contribution in [1.82, 2.24) is 0 Å². The van der Waals surface area contributed by atoms with Crippen LogP contribution >= 0.6 is 23.2 Å². The van der Waals surface area contributed by atoms with E-state index >= 15 is 0 Å². The summed E-state index contributed by atoms with van der Waals surface area (Å²) in [7, 11) is -1.80. The molecule has 0 aromatic heterocycles. The van der Waals surface area contributed by atoms with E-state index in [9.17, 15) is 0 Å². The van der Waals surface area contributed by atoms with Crippen LogP contribution in [0.2, 0.25) is 28.2 Å². The molecule has 0 atom stereocenters. The second-order valence-electron chi connectivity index (χ2n) is 9.33. The Kier molecular flexibility index (Phi) is 7.14. The van der Waals surface area contributed by atoms with E-state index in [4.69, 9.17) is 27.6 Å². The van der Waals surface area contributed by atoms with Gasteiger partial charge in [-0.3, -0.25) is 0 Å². The molecule has 0 aliphatic carbocycles. The lowest BCUT2D eigenvalue weighted by molar-refractivity contribution is 0.276. The fourth-order valence-electron chi connectivity index (χ4n) is 3.23. The first-order valence-corrected chi connectivity index (χ1v) is 14.0. The second-order valence-corrected chi connectivity index (χ2v) is 15.0. The van der Waals surface area contributed by atoms with Crippen molar-refractivity contribution in [3.8, 4) is 0 Å². The summed E-state index contributed by atoms with van der Waals surface area (Å²) in [6.45, 7) is 12.0. The summed E-state index contributed by atoms with van der Waals surface area (Å²) in [5, 5.41) is 1.68. The maximum atomic E-state index is 6.46. The molecule has 0 saturated heterocycles. The molecule has 30 heavy (non-hydrogen) atoms. The molecule has 4 heteroatoms. The Morgan fingerprint density at radius 1 is 0.767 bits per heavy atom. The molecule has 3 rings (SSSR count). The second kappa shape index (κ2) is 9.28. The van der Waals surface area contributed by atoms with Crippen LogP contribution < -0.4 is 0 Å². The van der Waals surface area contributed by atoms with Gasteiger partial charge in [-0.25, -0.2) is 0 Å². The highest BCUT2D eigenvalue weighted by Crippen LogP contribution is 2.38. The predicted octanol–water partition coefficient (Wildman–Crippen LogP) is 8.70. The molecular weight excluding hydrogens is 427 g/mol. The minimum Gasteiger partial charge on any atom is -0.413 e. The minimum atomic E-state index is -1.80. The molecule has 1 nitrogen and oxygen atoms in total. The van der Waals surface area contributed by atoms with Crippen molar-refractivity contribution in [3.63, 3.8) is 0 Å². The van der Waals surface area contributed by atoms with Gasteiger partial charge >= 0.3 is 0 Å². The van der Waals surface area contributed by atoms with Crippen molar-refractivity contribution in [2.75, 3.05) is 0 Å². The molecule has 0 heterocycles. The van der Waals surface area contributed by atoms with E-state index in [1.165, 1.54) is 22.3 Å². The van der Waals surface area contributed by atoms with Crippen molar-refractivity contribution >= 4 is 31.5 Å². The molecule has 3 aromatic carbocycles. The third kappa shape index (κ3) is 5.56. The summed E-state index contributed by atoms with van der Waals surface area (Å²) in [5.74, 6) is 0.104. The monoisotopic (exact) mass is 456 g/mol. The van der Waals surface area contributed by atoms with Crippen LogP contribution in [0.25, 0.3) is 0 Å². The number of benzene rings is 3. The van der Waals surface area contributed by atoms with E-state index in [1.807, 2.05) is 24.3 Å². The number of rotatable bonds is 6. The van der Waals surface area contributed by atoms with Gasteiger partial charge in [-0.2, -0.15) is 0 Å². The highest BCUT2D eigenvalue weighted by molar-refractivity contribution is 6.74. The van der Waals surface area contributed by atoms with E-state index in [1.54, 1.807) is 0 Å². The van der Waals surface area contributed by atoms with Crippen molar-refractivity contribution in [1.29, 1.82) is 0 Å². The van der Waals surface area contributed by atoms with Gasteiger partial charge in [0.2, 0.25) is 0 Å². The van der Waals surface area contributed by atoms with E-state index in [-0.39, 0.29) is 11.0 Å². The highest BCUT2D eigenvalue weighted by atomic mass is 35.5. The van der Waals surface area contributed by atoms with Crippen LogP contribution in [0.1, 0.15) is 48.9 Å². The zero-order valence-electron chi connectivity index (χ0n) is 18.4. The van der Waals surface area contributed by atoms with Crippen LogP contribution in [0.4, 0.5) is 0 Å². The maximum absolute atomic E-state index is 6.46. The Morgan fingerprint density at radius 2 is 1.27 bits per heavy atom. The van der Waals surface area contributed by atoms with E-state index in [0.717, 1.165) is 10.0 Å². The largest absolute Gasteiger partial charge is 0.413 e. The Hall–Kier alpha value is -1.58. The number of hydrogen-bond donors (Lipinski definition) is 0. The fraction of sp³-hybridized carbons (Fsp3) is 0.308. The third-order valence-corrected chi connectivity index (χ3v) is 11.1. The molecule has 0 amide bonds. The molecule has 0 N–H and O–H groups in total. The van der Waals surface area contributed by atoms with Gasteiger partial charge in [0, 0.05) is 16.0 Å². The Labute approximate surface area is 192 Å². The van der Waals surface area contributed by atoms with E-state index < -0.39 is 8.32 Å². The van der Waals surface area contributed by atoms with E-state index in [0.29, 0.717) is 6.61 Å². The average molecular weight is 458 g/mol. The van der Waals surface area contributed by atoms with Crippen LogP contribution in [0.15, 0.2) is 72.8 Å². The molecule has 0 unspecified atom stereocenters. The van der Waals surface area contributed by atoms with Crippen molar-refractivity contribution in [2.45, 2.75) is 51.4 Å². The van der Waals surface area contributed by atoms with Gasteiger partial charge in [0.05, 0.1) is 6.61 Å².